The number of amides is 1. The summed E-state index contributed by atoms with van der Waals surface area (Å²) >= 11 is 0. The number of carbonyl (C=O) groups is 2. The maximum atomic E-state index is 12.4. The summed E-state index contributed by atoms with van der Waals surface area (Å²) in [7, 11) is 0. The summed E-state index contributed by atoms with van der Waals surface area (Å²) in [5.74, 6) is -0.454. The van der Waals surface area contributed by atoms with Gasteiger partial charge in [0.1, 0.15) is 11.9 Å². The van der Waals surface area contributed by atoms with E-state index in [0.29, 0.717) is 30.1 Å². The minimum absolute atomic E-state index is 0.0324. The minimum atomic E-state index is -0.963. The normalized spacial score (nSPS) is 13.2. The van der Waals surface area contributed by atoms with Crippen molar-refractivity contribution in [2.75, 3.05) is 23.3 Å². The number of hydrogen-bond acceptors (Lipinski definition) is 4. The maximum Gasteiger partial charge on any atom is 0.337 e. The van der Waals surface area contributed by atoms with Crippen LogP contribution in [0.3, 0.4) is 0 Å². The van der Waals surface area contributed by atoms with Gasteiger partial charge in [0.2, 0.25) is 0 Å². The number of carbonyl (C=O) groups excluding carboxylic acids is 1. The lowest BCUT2D eigenvalue weighted by molar-refractivity contribution is 0.0696. The molecule has 1 aromatic heterocycles. The molecular formula is C27H23N3O4. The fraction of sp³-hybridized carbons (Fsp3) is 0.111. The number of benzene rings is 3. The Kier molecular flexibility index (Phi) is 5.74. The van der Waals surface area contributed by atoms with Crippen molar-refractivity contribution in [2.45, 2.75) is 6.10 Å². The van der Waals surface area contributed by atoms with Crippen molar-refractivity contribution in [1.82, 2.24) is 4.57 Å². The van der Waals surface area contributed by atoms with Crippen LogP contribution in [0.5, 0.6) is 5.75 Å². The van der Waals surface area contributed by atoms with E-state index >= 15 is 0 Å². The lowest BCUT2D eigenvalue weighted by Crippen LogP contribution is -2.54. The van der Waals surface area contributed by atoms with Gasteiger partial charge in [0.25, 0.3) is 5.91 Å². The van der Waals surface area contributed by atoms with E-state index in [0.717, 1.165) is 11.4 Å². The molecule has 1 amide bonds. The molecule has 0 saturated carbocycles. The predicted octanol–water partition coefficient (Wildman–Crippen LogP) is 4.70. The van der Waals surface area contributed by atoms with Gasteiger partial charge < -0.3 is 24.6 Å². The molecular weight excluding hydrogens is 430 g/mol. The van der Waals surface area contributed by atoms with Crippen LogP contribution in [-0.2, 0) is 0 Å². The molecule has 0 spiro atoms. The molecule has 5 rings (SSSR count). The van der Waals surface area contributed by atoms with E-state index in [-0.39, 0.29) is 17.6 Å². The molecule has 0 atom stereocenters. The molecule has 0 aliphatic carbocycles. The lowest BCUT2D eigenvalue weighted by Gasteiger charge is -2.41. The third-order valence-electron chi connectivity index (χ3n) is 5.75. The second-order valence-corrected chi connectivity index (χ2v) is 8.06. The van der Waals surface area contributed by atoms with Crippen LogP contribution in [0.4, 0.5) is 11.4 Å². The number of ether oxygens (including phenoxy) is 1. The van der Waals surface area contributed by atoms with E-state index in [2.05, 4.69) is 10.2 Å². The zero-order chi connectivity index (χ0) is 23.5. The van der Waals surface area contributed by atoms with Crippen LogP contribution in [0.25, 0.3) is 5.69 Å². The van der Waals surface area contributed by atoms with Crippen molar-refractivity contribution in [1.29, 1.82) is 0 Å². The number of aromatic carboxylic acids is 1. The molecule has 2 heterocycles. The van der Waals surface area contributed by atoms with E-state index < -0.39 is 5.97 Å². The molecule has 7 heteroatoms. The van der Waals surface area contributed by atoms with Gasteiger partial charge in [-0.25, -0.2) is 4.79 Å². The molecule has 0 bridgehead atoms. The number of para-hydroxylation sites is 2. The molecule has 0 unspecified atom stereocenters. The van der Waals surface area contributed by atoms with Gasteiger partial charge in [0, 0.05) is 23.6 Å². The van der Waals surface area contributed by atoms with Gasteiger partial charge in [-0.1, -0.05) is 24.3 Å². The third-order valence-corrected chi connectivity index (χ3v) is 5.75. The summed E-state index contributed by atoms with van der Waals surface area (Å²) in [4.78, 5) is 26.3. The minimum Gasteiger partial charge on any atom is -0.487 e. The maximum absolute atomic E-state index is 12.4. The van der Waals surface area contributed by atoms with Crippen molar-refractivity contribution in [3.05, 3.63) is 108 Å². The van der Waals surface area contributed by atoms with Gasteiger partial charge in [-0.3, -0.25) is 4.79 Å². The fourth-order valence-electron chi connectivity index (χ4n) is 4.03. The zero-order valence-corrected chi connectivity index (χ0v) is 18.3. The first-order valence-corrected chi connectivity index (χ1v) is 11.0. The molecule has 1 saturated heterocycles. The Hall–Kier alpha value is -4.52. The molecule has 170 valence electrons. The van der Waals surface area contributed by atoms with Crippen LogP contribution in [0.1, 0.15) is 20.7 Å². The first-order valence-electron chi connectivity index (χ1n) is 11.0. The number of aromatic nitrogens is 1. The Morgan fingerprint density at radius 3 is 2.24 bits per heavy atom. The van der Waals surface area contributed by atoms with E-state index in [1.165, 1.54) is 0 Å². The van der Waals surface area contributed by atoms with Crippen LogP contribution < -0.4 is 15.0 Å². The van der Waals surface area contributed by atoms with Gasteiger partial charge in [-0.15, -0.1) is 0 Å². The van der Waals surface area contributed by atoms with E-state index in [1.807, 2.05) is 65.5 Å². The van der Waals surface area contributed by atoms with E-state index in [4.69, 9.17) is 4.74 Å². The third kappa shape index (κ3) is 4.36. The Labute approximate surface area is 196 Å². The van der Waals surface area contributed by atoms with Gasteiger partial charge >= 0.3 is 5.97 Å². The molecule has 1 fully saturated rings. The van der Waals surface area contributed by atoms with Crippen molar-refractivity contribution < 1.29 is 19.4 Å². The highest BCUT2D eigenvalue weighted by atomic mass is 16.5. The smallest absolute Gasteiger partial charge is 0.337 e. The highest BCUT2D eigenvalue weighted by molar-refractivity contribution is 6.04. The number of nitrogens with one attached hydrogen (secondary N) is 1. The van der Waals surface area contributed by atoms with E-state index in [9.17, 15) is 14.7 Å². The van der Waals surface area contributed by atoms with Crippen LogP contribution in [0.15, 0.2) is 97.3 Å². The SMILES string of the molecule is O=C(Nc1ccccc1)c1ccc(OC2CN(c3cccc(C(=O)O)c3-n3cccc3)C2)cc1. The van der Waals surface area contributed by atoms with Gasteiger partial charge in [0.15, 0.2) is 0 Å². The second-order valence-electron chi connectivity index (χ2n) is 8.06. The number of carboxylic acid groups (broad SMARTS) is 1. The summed E-state index contributed by atoms with van der Waals surface area (Å²) in [6.45, 7) is 1.27. The predicted molar refractivity (Wildman–Crippen MR) is 130 cm³/mol. The number of carboxylic acids is 1. The van der Waals surface area contributed by atoms with Crippen LogP contribution in [0.2, 0.25) is 0 Å². The lowest BCUT2D eigenvalue weighted by atomic mass is 10.1. The Balaban J connectivity index is 1.23. The van der Waals surface area contributed by atoms with Crippen LogP contribution >= 0.6 is 0 Å². The first-order chi connectivity index (χ1) is 16.6. The number of nitrogens with zero attached hydrogens (tertiary/aromatic N) is 2. The van der Waals surface area contributed by atoms with Gasteiger partial charge in [-0.05, 0) is 60.7 Å². The topological polar surface area (TPSA) is 83.8 Å². The van der Waals surface area contributed by atoms with Crippen molar-refractivity contribution in [3.63, 3.8) is 0 Å². The summed E-state index contributed by atoms with van der Waals surface area (Å²) < 4.78 is 7.89. The number of anilines is 2. The molecule has 1 aliphatic heterocycles. The Bertz CT molecular complexity index is 1300. The quantitative estimate of drug-likeness (QED) is 0.424. The number of hydrogen-bond donors (Lipinski definition) is 2. The summed E-state index contributed by atoms with van der Waals surface area (Å²) in [5, 5.41) is 12.5. The van der Waals surface area contributed by atoms with Gasteiger partial charge in [0.05, 0.1) is 30.0 Å². The standard InChI is InChI=1S/C27H23N3O4/c31-26(28-20-7-2-1-3-8-20)19-11-13-21(14-12-19)34-22-17-30(18-22)24-10-6-9-23(27(32)33)25(24)29-15-4-5-16-29/h1-16,22H,17-18H2,(H,28,31)(H,32,33). The molecule has 1 aliphatic rings. The number of rotatable bonds is 7. The molecule has 7 nitrogen and oxygen atoms in total. The first kappa shape index (κ1) is 21.3. The molecule has 4 aromatic rings. The van der Waals surface area contributed by atoms with E-state index in [1.54, 1.807) is 36.4 Å². The molecule has 34 heavy (non-hydrogen) atoms. The second kappa shape index (κ2) is 9.15. The monoisotopic (exact) mass is 453 g/mol. The Morgan fingerprint density at radius 2 is 1.56 bits per heavy atom. The molecule has 0 radical (unpaired) electrons. The average Bonchev–Trinajstić information content (AvgIpc) is 3.36. The summed E-state index contributed by atoms with van der Waals surface area (Å²) in [5.41, 5.74) is 3.04. The summed E-state index contributed by atoms with van der Waals surface area (Å²) in [6.07, 6.45) is 3.65. The highest BCUT2D eigenvalue weighted by Gasteiger charge is 2.31. The van der Waals surface area contributed by atoms with Crippen molar-refractivity contribution >= 4 is 23.3 Å². The highest BCUT2D eigenvalue weighted by Crippen LogP contribution is 2.32. The molecule has 3 aromatic carbocycles. The molecule has 2 N–H and O–H groups in total. The van der Waals surface area contributed by atoms with Gasteiger partial charge in [-0.2, -0.15) is 0 Å². The van der Waals surface area contributed by atoms with Crippen LogP contribution in [-0.4, -0.2) is 40.7 Å². The van der Waals surface area contributed by atoms with Crippen molar-refractivity contribution in [3.8, 4) is 11.4 Å². The Morgan fingerprint density at radius 1 is 0.853 bits per heavy atom. The average molecular weight is 453 g/mol. The van der Waals surface area contributed by atoms with Crippen molar-refractivity contribution in [2.24, 2.45) is 0 Å². The van der Waals surface area contributed by atoms with Crippen LogP contribution in [0, 0.1) is 0 Å². The summed E-state index contributed by atoms with van der Waals surface area (Å²) in [6, 6.07) is 25.4. The fourth-order valence-corrected chi connectivity index (χ4v) is 4.03. The zero-order valence-electron chi connectivity index (χ0n) is 18.3. The largest absolute Gasteiger partial charge is 0.487 e.